The van der Waals surface area contributed by atoms with E-state index in [2.05, 4.69) is 31.0 Å². The second kappa shape index (κ2) is 4.84. The summed E-state index contributed by atoms with van der Waals surface area (Å²) in [5.41, 5.74) is 0.874. The lowest BCUT2D eigenvalue weighted by Crippen LogP contribution is -2.08. The maximum atomic E-state index is 4.89. The molecule has 3 aromatic rings. The normalized spacial score (nSPS) is 10.6. The number of rotatable bonds is 4. The number of benzene rings is 1. The first-order chi connectivity index (χ1) is 9.33. The first-order valence-electron chi connectivity index (χ1n) is 5.70. The summed E-state index contributed by atoms with van der Waals surface area (Å²) in [6.07, 6.45) is 0. The zero-order valence-electron chi connectivity index (χ0n) is 10.2. The van der Waals surface area contributed by atoms with Gasteiger partial charge in [0.1, 0.15) is 0 Å². The van der Waals surface area contributed by atoms with Crippen LogP contribution in [0.3, 0.4) is 0 Å². The molecule has 0 radical (unpaired) electrons. The molecule has 0 unspecified atom stereocenters. The van der Waals surface area contributed by atoms with Crippen LogP contribution in [-0.4, -0.2) is 30.3 Å². The molecule has 0 aliphatic rings. The summed E-state index contributed by atoms with van der Waals surface area (Å²) >= 11 is 0. The van der Waals surface area contributed by atoms with Crippen LogP contribution in [0, 0.1) is 6.92 Å². The first-order valence-corrected chi connectivity index (χ1v) is 5.70. The van der Waals surface area contributed by atoms with Crippen molar-refractivity contribution >= 4 is 5.95 Å². The number of nitrogens with zero attached hydrogens (tertiary/aromatic N) is 6. The van der Waals surface area contributed by atoms with E-state index in [4.69, 9.17) is 4.52 Å². The van der Waals surface area contributed by atoms with E-state index in [1.165, 1.54) is 0 Å². The van der Waals surface area contributed by atoms with Crippen LogP contribution >= 0.6 is 0 Å². The molecule has 0 saturated heterocycles. The molecular formula is C11H11N7O. The van der Waals surface area contributed by atoms with E-state index in [1.807, 2.05) is 30.3 Å². The summed E-state index contributed by atoms with van der Waals surface area (Å²) in [5, 5.41) is 18.4. The highest BCUT2D eigenvalue weighted by Crippen LogP contribution is 2.11. The quantitative estimate of drug-likeness (QED) is 0.743. The molecule has 0 atom stereocenters. The van der Waals surface area contributed by atoms with Gasteiger partial charge in [0.25, 0.3) is 0 Å². The molecule has 2 heterocycles. The molecule has 2 aromatic heterocycles. The predicted octanol–water partition coefficient (Wildman–Crippen LogP) is 0.966. The van der Waals surface area contributed by atoms with Gasteiger partial charge in [0.15, 0.2) is 5.82 Å². The summed E-state index contributed by atoms with van der Waals surface area (Å²) in [5.74, 6) is 1.60. The topological polar surface area (TPSA) is 94.6 Å². The number of hydrogen-bond acceptors (Lipinski definition) is 7. The van der Waals surface area contributed by atoms with Gasteiger partial charge in [0, 0.05) is 6.92 Å². The van der Waals surface area contributed by atoms with Crippen molar-refractivity contribution in [2.45, 2.75) is 13.5 Å². The molecular weight excluding hydrogens is 246 g/mol. The number of tetrazole rings is 1. The van der Waals surface area contributed by atoms with Gasteiger partial charge in [-0.2, -0.15) is 9.67 Å². The van der Waals surface area contributed by atoms with E-state index in [0.29, 0.717) is 24.2 Å². The Morgan fingerprint density at radius 3 is 2.84 bits per heavy atom. The van der Waals surface area contributed by atoms with Crippen LogP contribution < -0.4 is 5.32 Å². The van der Waals surface area contributed by atoms with Crippen LogP contribution in [0.25, 0.3) is 5.69 Å². The van der Waals surface area contributed by atoms with Crippen LogP contribution in [0.5, 0.6) is 0 Å². The highest BCUT2D eigenvalue weighted by atomic mass is 16.5. The van der Waals surface area contributed by atoms with Crippen molar-refractivity contribution in [2.24, 2.45) is 0 Å². The van der Waals surface area contributed by atoms with Crippen LogP contribution in [0.15, 0.2) is 34.9 Å². The summed E-state index contributed by atoms with van der Waals surface area (Å²) in [4.78, 5) is 4.09. The monoisotopic (exact) mass is 257 g/mol. The first kappa shape index (κ1) is 11.3. The van der Waals surface area contributed by atoms with Gasteiger partial charge in [-0.05, 0) is 22.6 Å². The molecule has 96 valence electrons. The molecule has 3 rings (SSSR count). The van der Waals surface area contributed by atoms with Gasteiger partial charge < -0.3 is 9.84 Å². The second-order valence-corrected chi connectivity index (χ2v) is 3.83. The Labute approximate surface area is 108 Å². The van der Waals surface area contributed by atoms with E-state index in [0.717, 1.165) is 5.69 Å². The van der Waals surface area contributed by atoms with Gasteiger partial charge >= 0.3 is 0 Å². The number of aromatic nitrogens is 6. The van der Waals surface area contributed by atoms with Crippen molar-refractivity contribution in [3.63, 3.8) is 0 Å². The molecule has 0 aliphatic carbocycles. The molecule has 1 N–H and O–H groups in total. The van der Waals surface area contributed by atoms with Crippen LogP contribution in [0.2, 0.25) is 0 Å². The molecule has 8 nitrogen and oxygen atoms in total. The molecule has 8 heteroatoms. The van der Waals surface area contributed by atoms with Gasteiger partial charge in [-0.1, -0.05) is 28.5 Å². The van der Waals surface area contributed by atoms with Gasteiger partial charge in [0.2, 0.25) is 11.8 Å². The zero-order valence-corrected chi connectivity index (χ0v) is 10.2. The number of aryl methyl sites for hydroxylation is 1. The Kier molecular flexibility index (Phi) is 2.89. The smallest absolute Gasteiger partial charge is 0.248 e. The summed E-state index contributed by atoms with van der Waals surface area (Å²) < 4.78 is 6.49. The number of anilines is 1. The van der Waals surface area contributed by atoms with E-state index in [1.54, 1.807) is 11.6 Å². The SMILES string of the molecule is Cc1nc(CNc2nnnn2-c2ccccc2)no1. The average Bonchev–Trinajstić information content (AvgIpc) is 3.06. The minimum absolute atomic E-state index is 0.393. The molecule has 0 spiro atoms. The van der Waals surface area contributed by atoms with Gasteiger partial charge in [0.05, 0.1) is 12.2 Å². The summed E-state index contributed by atoms with van der Waals surface area (Å²) in [6.45, 7) is 2.13. The third-order valence-electron chi connectivity index (χ3n) is 2.44. The number of para-hydroxylation sites is 1. The molecule has 0 bridgehead atoms. The van der Waals surface area contributed by atoms with E-state index >= 15 is 0 Å². The maximum Gasteiger partial charge on any atom is 0.248 e. The Hall–Kier alpha value is -2.77. The Bertz CT molecular complexity index is 661. The van der Waals surface area contributed by atoms with Crippen molar-refractivity contribution in [2.75, 3.05) is 5.32 Å². The van der Waals surface area contributed by atoms with E-state index in [-0.39, 0.29) is 0 Å². The third-order valence-corrected chi connectivity index (χ3v) is 2.44. The third kappa shape index (κ3) is 2.41. The van der Waals surface area contributed by atoms with Crippen LogP contribution in [0.1, 0.15) is 11.7 Å². The van der Waals surface area contributed by atoms with Gasteiger partial charge in [-0.25, -0.2) is 0 Å². The van der Waals surface area contributed by atoms with Crippen LogP contribution in [0.4, 0.5) is 5.95 Å². The minimum Gasteiger partial charge on any atom is -0.345 e. The lowest BCUT2D eigenvalue weighted by atomic mass is 10.3. The molecule has 0 fully saturated rings. The number of hydrogen-bond donors (Lipinski definition) is 1. The molecule has 0 aliphatic heterocycles. The fourth-order valence-electron chi connectivity index (χ4n) is 1.61. The lowest BCUT2D eigenvalue weighted by molar-refractivity contribution is 0.388. The van der Waals surface area contributed by atoms with E-state index in [9.17, 15) is 0 Å². The Morgan fingerprint density at radius 2 is 2.11 bits per heavy atom. The fourth-order valence-corrected chi connectivity index (χ4v) is 1.61. The average molecular weight is 257 g/mol. The Balaban J connectivity index is 1.77. The van der Waals surface area contributed by atoms with E-state index < -0.39 is 0 Å². The van der Waals surface area contributed by atoms with Gasteiger partial charge in [-0.3, -0.25) is 0 Å². The van der Waals surface area contributed by atoms with Crippen molar-refractivity contribution in [1.29, 1.82) is 0 Å². The highest BCUT2D eigenvalue weighted by Gasteiger charge is 2.09. The highest BCUT2D eigenvalue weighted by molar-refractivity contribution is 5.38. The van der Waals surface area contributed by atoms with Crippen molar-refractivity contribution < 1.29 is 4.52 Å². The zero-order chi connectivity index (χ0) is 13.1. The summed E-state index contributed by atoms with van der Waals surface area (Å²) in [7, 11) is 0. The standard InChI is InChI=1S/C11H11N7O/c1-8-13-10(15-19-8)7-12-11-14-16-17-18(11)9-5-3-2-4-6-9/h2-6H,7H2,1H3,(H,12,14,17). The van der Waals surface area contributed by atoms with Crippen molar-refractivity contribution in [3.8, 4) is 5.69 Å². The van der Waals surface area contributed by atoms with Crippen molar-refractivity contribution in [1.82, 2.24) is 30.3 Å². The van der Waals surface area contributed by atoms with Gasteiger partial charge in [-0.15, -0.1) is 0 Å². The fraction of sp³-hybridized carbons (Fsp3) is 0.182. The van der Waals surface area contributed by atoms with Crippen molar-refractivity contribution in [3.05, 3.63) is 42.0 Å². The van der Waals surface area contributed by atoms with Crippen LogP contribution in [-0.2, 0) is 6.54 Å². The Morgan fingerprint density at radius 1 is 1.26 bits per heavy atom. The minimum atomic E-state index is 0.393. The second-order valence-electron chi connectivity index (χ2n) is 3.83. The molecule has 0 saturated carbocycles. The molecule has 1 aromatic carbocycles. The number of nitrogens with one attached hydrogen (secondary N) is 1. The maximum absolute atomic E-state index is 4.89. The summed E-state index contributed by atoms with van der Waals surface area (Å²) in [6, 6.07) is 9.61. The lowest BCUT2D eigenvalue weighted by Gasteiger charge is -2.04. The molecule has 19 heavy (non-hydrogen) atoms. The predicted molar refractivity (Wildman–Crippen MR) is 65.5 cm³/mol. The molecule has 0 amide bonds. The largest absolute Gasteiger partial charge is 0.345 e.